The number of nitrogens with zero attached hydrogens (tertiary/aromatic N) is 1. The second-order valence-corrected chi connectivity index (χ2v) is 8.46. The molecule has 134 valence electrons. The van der Waals surface area contributed by atoms with Gasteiger partial charge in [-0.1, -0.05) is 15.9 Å². The highest BCUT2D eigenvalue weighted by atomic mass is 79.9. The molecule has 1 aromatic carbocycles. The number of ether oxygens (including phenoxy) is 1. The monoisotopic (exact) mass is 403 g/mol. The molecule has 1 fully saturated rings. The van der Waals surface area contributed by atoms with Gasteiger partial charge in [0.25, 0.3) is 5.92 Å². The van der Waals surface area contributed by atoms with E-state index in [0.29, 0.717) is 0 Å². The van der Waals surface area contributed by atoms with Crippen LogP contribution in [-0.4, -0.2) is 28.6 Å². The molecule has 2 rings (SSSR count). The molecule has 0 radical (unpaired) electrons. The first-order chi connectivity index (χ1) is 10.9. The molecule has 0 aliphatic heterocycles. The standard InChI is InChI=1S/C18H24BrF2NO2/c1-11-6-13(19)7-12(2)15(11)10-22(14-8-18(20,21)9-14)16(23)24-17(3,4)5/h6-7,14H,8-10H2,1-5H3. The van der Waals surface area contributed by atoms with Gasteiger partial charge in [0.15, 0.2) is 0 Å². The summed E-state index contributed by atoms with van der Waals surface area (Å²) >= 11 is 3.45. The zero-order chi connectivity index (χ0) is 18.3. The van der Waals surface area contributed by atoms with Crippen LogP contribution in [0.4, 0.5) is 13.6 Å². The van der Waals surface area contributed by atoms with Gasteiger partial charge in [0.05, 0.1) is 0 Å². The van der Waals surface area contributed by atoms with Crippen LogP contribution in [0.3, 0.4) is 0 Å². The summed E-state index contributed by atoms with van der Waals surface area (Å²) in [5.41, 5.74) is 2.34. The molecule has 1 aromatic rings. The van der Waals surface area contributed by atoms with Gasteiger partial charge in [-0.2, -0.15) is 0 Å². The van der Waals surface area contributed by atoms with Gasteiger partial charge in [-0.3, -0.25) is 0 Å². The number of carbonyl (C=O) groups excluding carboxylic acids is 1. The Kier molecular flexibility index (Phi) is 5.28. The zero-order valence-corrected chi connectivity index (χ0v) is 16.3. The van der Waals surface area contributed by atoms with Gasteiger partial charge < -0.3 is 9.64 Å². The molecule has 0 atom stereocenters. The van der Waals surface area contributed by atoms with Crippen LogP contribution in [0.25, 0.3) is 0 Å². The van der Waals surface area contributed by atoms with Gasteiger partial charge in [0.2, 0.25) is 0 Å². The van der Waals surface area contributed by atoms with Crippen molar-refractivity contribution in [3.63, 3.8) is 0 Å². The van der Waals surface area contributed by atoms with Crippen LogP contribution in [0.2, 0.25) is 0 Å². The minimum absolute atomic E-state index is 0.278. The molecule has 1 aliphatic carbocycles. The van der Waals surface area contributed by atoms with Crippen LogP contribution in [0.15, 0.2) is 16.6 Å². The van der Waals surface area contributed by atoms with Crippen molar-refractivity contribution in [3.05, 3.63) is 33.3 Å². The van der Waals surface area contributed by atoms with Crippen LogP contribution in [0.5, 0.6) is 0 Å². The maximum Gasteiger partial charge on any atom is 0.410 e. The van der Waals surface area contributed by atoms with Crippen molar-refractivity contribution in [2.24, 2.45) is 0 Å². The Bertz CT molecular complexity index is 609. The van der Waals surface area contributed by atoms with Crippen LogP contribution in [0, 0.1) is 13.8 Å². The average molecular weight is 404 g/mol. The summed E-state index contributed by atoms with van der Waals surface area (Å²) in [6, 6.07) is 3.44. The third kappa shape index (κ3) is 4.68. The van der Waals surface area contributed by atoms with Crippen LogP contribution < -0.4 is 0 Å². The van der Waals surface area contributed by atoms with Crippen LogP contribution in [0.1, 0.15) is 50.3 Å². The fraction of sp³-hybridized carbons (Fsp3) is 0.611. The van der Waals surface area contributed by atoms with E-state index < -0.39 is 23.7 Å². The van der Waals surface area contributed by atoms with Crippen molar-refractivity contribution >= 4 is 22.0 Å². The number of amides is 1. The lowest BCUT2D eigenvalue weighted by molar-refractivity contribution is -0.124. The third-order valence-corrected chi connectivity index (χ3v) is 4.58. The molecule has 0 N–H and O–H groups in total. The Labute approximate surface area is 150 Å². The van der Waals surface area contributed by atoms with E-state index >= 15 is 0 Å². The number of hydrogen-bond donors (Lipinski definition) is 0. The molecule has 3 nitrogen and oxygen atoms in total. The highest BCUT2D eigenvalue weighted by molar-refractivity contribution is 9.10. The number of halogens is 3. The van der Waals surface area contributed by atoms with Gasteiger partial charge >= 0.3 is 6.09 Å². The Morgan fingerprint density at radius 3 is 2.21 bits per heavy atom. The number of carbonyl (C=O) groups is 1. The van der Waals surface area contributed by atoms with Crippen molar-refractivity contribution in [1.82, 2.24) is 4.90 Å². The second kappa shape index (κ2) is 6.62. The average Bonchev–Trinajstić information content (AvgIpc) is 2.32. The number of rotatable bonds is 3. The summed E-state index contributed by atoms with van der Waals surface area (Å²) < 4.78 is 33.0. The summed E-state index contributed by atoms with van der Waals surface area (Å²) in [6.45, 7) is 9.50. The van der Waals surface area contributed by atoms with Gasteiger partial charge in [0.1, 0.15) is 5.60 Å². The Hall–Kier alpha value is -1.17. The minimum atomic E-state index is -2.69. The molecule has 0 unspecified atom stereocenters. The van der Waals surface area contributed by atoms with E-state index in [4.69, 9.17) is 4.74 Å². The Balaban J connectivity index is 2.25. The van der Waals surface area contributed by atoms with E-state index in [0.717, 1.165) is 21.2 Å². The first kappa shape index (κ1) is 19.2. The molecule has 0 saturated heterocycles. The second-order valence-electron chi connectivity index (χ2n) is 7.54. The quantitative estimate of drug-likeness (QED) is 0.656. The van der Waals surface area contributed by atoms with E-state index in [1.54, 1.807) is 20.8 Å². The van der Waals surface area contributed by atoms with E-state index in [1.807, 2.05) is 26.0 Å². The highest BCUT2D eigenvalue weighted by Gasteiger charge is 2.49. The predicted molar refractivity (Wildman–Crippen MR) is 93.4 cm³/mol. The SMILES string of the molecule is Cc1cc(Br)cc(C)c1CN(C(=O)OC(C)(C)C)C1CC(F)(F)C1. The molecule has 6 heteroatoms. The molecule has 24 heavy (non-hydrogen) atoms. The van der Waals surface area contributed by atoms with Crippen molar-refractivity contribution in [2.45, 2.75) is 71.6 Å². The Morgan fingerprint density at radius 1 is 1.29 bits per heavy atom. The lowest BCUT2D eigenvalue weighted by Crippen LogP contribution is -2.53. The largest absolute Gasteiger partial charge is 0.444 e. The van der Waals surface area contributed by atoms with Crippen molar-refractivity contribution in [3.8, 4) is 0 Å². The lowest BCUT2D eigenvalue weighted by atomic mass is 9.86. The summed E-state index contributed by atoms with van der Waals surface area (Å²) in [7, 11) is 0. The lowest BCUT2D eigenvalue weighted by Gasteiger charge is -2.43. The molecule has 1 aliphatic rings. The molecular weight excluding hydrogens is 380 g/mol. The normalized spacial score (nSPS) is 17.3. The van der Waals surface area contributed by atoms with Crippen molar-refractivity contribution < 1.29 is 18.3 Å². The summed E-state index contributed by atoms with van der Waals surface area (Å²) in [5, 5.41) is 0. The van der Waals surface area contributed by atoms with E-state index in [9.17, 15) is 13.6 Å². The van der Waals surface area contributed by atoms with Crippen molar-refractivity contribution in [2.75, 3.05) is 0 Å². The topological polar surface area (TPSA) is 29.5 Å². The van der Waals surface area contributed by atoms with Crippen LogP contribution in [-0.2, 0) is 11.3 Å². The fourth-order valence-electron chi connectivity index (χ4n) is 2.87. The number of alkyl halides is 2. The van der Waals surface area contributed by atoms with Gasteiger partial charge in [-0.15, -0.1) is 0 Å². The van der Waals surface area contributed by atoms with E-state index in [-0.39, 0.29) is 19.4 Å². The highest BCUT2D eigenvalue weighted by Crippen LogP contribution is 2.41. The molecule has 1 amide bonds. The predicted octanol–water partition coefficient (Wildman–Crippen LogP) is 5.60. The van der Waals surface area contributed by atoms with E-state index in [2.05, 4.69) is 15.9 Å². The van der Waals surface area contributed by atoms with Gasteiger partial charge in [0, 0.05) is 29.9 Å². The number of aryl methyl sites for hydroxylation is 2. The molecule has 0 heterocycles. The minimum Gasteiger partial charge on any atom is -0.444 e. The van der Waals surface area contributed by atoms with E-state index in [1.165, 1.54) is 4.90 Å². The maximum atomic E-state index is 13.3. The van der Waals surface area contributed by atoms with Gasteiger partial charge in [-0.05, 0) is 63.4 Å². The first-order valence-electron chi connectivity index (χ1n) is 8.01. The molecule has 0 spiro atoms. The molecule has 0 bridgehead atoms. The number of hydrogen-bond acceptors (Lipinski definition) is 2. The maximum absolute atomic E-state index is 13.3. The molecule has 0 aromatic heterocycles. The zero-order valence-electron chi connectivity index (χ0n) is 14.8. The third-order valence-electron chi connectivity index (χ3n) is 4.13. The summed E-state index contributed by atoms with van der Waals surface area (Å²) in [4.78, 5) is 14.0. The Morgan fingerprint density at radius 2 is 1.79 bits per heavy atom. The van der Waals surface area contributed by atoms with Crippen molar-refractivity contribution in [1.29, 1.82) is 0 Å². The fourth-order valence-corrected chi connectivity index (χ4v) is 3.56. The summed E-state index contributed by atoms with van der Waals surface area (Å²) in [5.74, 6) is -2.69. The smallest absolute Gasteiger partial charge is 0.410 e. The first-order valence-corrected chi connectivity index (χ1v) is 8.80. The number of benzene rings is 1. The summed E-state index contributed by atoms with van der Waals surface area (Å²) in [6.07, 6.45) is -1.15. The van der Waals surface area contributed by atoms with Gasteiger partial charge in [-0.25, -0.2) is 13.6 Å². The van der Waals surface area contributed by atoms with Crippen LogP contribution >= 0.6 is 15.9 Å². The molecule has 1 saturated carbocycles. The molecular formula is C18H24BrF2NO2.